The fourth-order valence-electron chi connectivity index (χ4n) is 8.02. The average Bonchev–Trinajstić information content (AvgIpc) is 3.26. The molecule has 0 aliphatic carbocycles. The van der Waals surface area contributed by atoms with Crippen LogP contribution in [-0.4, -0.2) is 57.3 Å². The smallest absolute Gasteiger partial charge is 0.249 e. The summed E-state index contributed by atoms with van der Waals surface area (Å²) in [6, 6.07) is -1.02. The van der Waals surface area contributed by atoms with Gasteiger partial charge in [0.05, 0.1) is 18.8 Å². The second kappa shape index (κ2) is 49.3. The summed E-state index contributed by atoms with van der Waals surface area (Å²) in [5.41, 5.74) is 0. The summed E-state index contributed by atoms with van der Waals surface area (Å²) in [6.07, 6.45) is 61.7. The van der Waals surface area contributed by atoms with Gasteiger partial charge in [-0.25, -0.2) is 0 Å². The van der Waals surface area contributed by atoms with Crippen LogP contribution in [0.3, 0.4) is 0 Å². The van der Waals surface area contributed by atoms with Crippen LogP contribution in [0.4, 0.5) is 0 Å². The number of unbranched alkanes of at least 4 members (excludes halogenated alkanes) is 31. The van der Waals surface area contributed by atoms with Crippen LogP contribution in [-0.2, 0) is 4.79 Å². The minimum Gasteiger partial charge on any atom is -0.394 e. The van der Waals surface area contributed by atoms with Crippen LogP contribution in [0.15, 0.2) is 48.6 Å². The maximum Gasteiger partial charge on any atom is 0.249 e. The molecule has 5 N–H and O–H groups in total. The van der Waals surface area contributed by atoms with Crippen molar-refractivity contribution in [1.82, 2.24) is 5.32 Å². The van der Waals surface area contributed by atoms with E-state index >= 15 is 0 Å². The molecule has 6 nitrogen and oxygen atoms in total. The minimum atomic E-state index is -1.30. The number of carbonyl (C=O) groups excluding carboxylic acids is 1. The number of hydrogen-bond acceptors (Lipinski definition) is 5. The van der Waals surface area contributed by atoms with E-state index < -0.39 is 36.9 Å². The molecule has 0 fully saturated rings. The van der Waals surface area contributed by atoms with Crippen molar-refractivity contribution < 1.29 is 25.2 Å². The molecule has 4 unspecified atom stereocenters. The molecular formula is C55H103NO5. The van der Waals surface area contributed by atoms with E-state index in [0.29, 0.717) is 19.3 Å². The highest BCUT2D eigenvalue weighted by molar-refractivity contribution is 5.80. The van der Waals surface area contributed by atoms with E-state index in [-0.39, 0.29) is 0 Å². The summed E-state index contributed by atoms with van der Waals surface area (Å²) in [5, 5.41) is 43.8. The zero-order chi connectivity index (χ0) is 44.5. The van der Waals surface area contributed by atoms with Crippen molar-refractivity contribution in [3.63, 3.8) is 0 Å². The first kappa shape index (κ1) is 59.3. The first-order valence-electron chi connectivity index (χ1n) is 26.5. The zero-order valence-corrected chi connectivity index (χ0v) is 40.4. The van der Waals surface area contributed by atoms with E-state index in [9.17, 15) is 25.2 Å². The lowest BCUT2D eigenvalue weighted by molar-refractivity contribution is -0.132. The average molecular weight is 858 g/mol. The van der Waals surface area contributed by atoms with Crippen LogP contribution in [0.25, 0.3) is 0 Å². The Bertz CT molecular complexity index is 1010. The standard InChI is InChI=1S/C55H103NO5/c1-3-5-7-9-11-13-15-17-19-21-23-24-25-26-27-28-29-30-31-33-34-36-38-40-42-44-46-48-52(58)54(60)51(50-57)56-55(61)53(59)49-47-45-43-41-39-37-35-32-22-20-18-16-14-12-10-8-6-4-2/h22,28-29,32-34,40,42,51-54,57-60H,3-21,23-27,30-31,35-39,41,43-50H2,1-2H3,(H,56,61)/b29-28+,32-22-,34-33+,42-40+. The summed E-state index contributed by atoms with van der Waals surface area (Å²) in [5.74, 6) is -0.604. The van der Waals surface area contributed by atoms with Crippen molar-refractivity contribution in [2.24, 2.45) is 0 Å². The molecule has 0 aromatic heterocycles. The van der Waals surface area contributed by atoms with Gasteiger partial charge in [0.1, 0.15) is 12.2 Å². The van der Waals surface area contributed by atoms with E-state index in [2.05, 4.69) is 67.8 Å². The first-order valence-corrected chi connectivity index (χ1v) is 26.5. The fourth-order valence-corrected chi connectivity index (χ4v) is 8.02. The quantitative estimate of drug-likeness (QED) is 0.0309. The highest BCUT2D eigenvalue weighted by atomic mass is 16.3. The number of allylic oxidation sites excluding steroid dienone is 8. The van der Waals surface area contributed by atoms with Gasteiger partial charge in [-0.3, -0.25) is 4.79 Å². The van der Waals surface area contributed by atoms with Gasteiger partial charge in [-0.2, -0.15) is 0 Å². The number of carbonyl (C=O) groups is 1. The van der Waals surface area contributed by atoms with Gasteiger partial charge in [0.2, 0.25) is 5.91 Å². The Morgan fingerprint density at radius 3 is 1.03 bits per heavy atom. The maximum atomic E-state index is 12.6. The SMILES string of the molecule is CCCCCCCCCC/C=C\CCCCCCCCC(O)C(=O)NC(CO)C(O)C(O)CCC/C=C/CC/C=C/CC/C=C/CCCCCCCCCCCCCCCC. The highest BCUT2D eigenvalue weighted by Crippen LogP contribution is 2.16. The molecule has 358 valence electrons. The van der Waals surface area contributed by atoms with Gasteiger partial charge < -0.3 is 25.7 Å². The van der Waals surface area contributed by atoms with Gasteiger partial charge >= 0.3 is 0 Å². The Balaban J connectivity index is 3.75. The Hall–Kier alpha value is -1.73. The third-order valence-electron chi connectivity index (χ3n) is 12.2. The van der Waals surface area contributed by atoms with Crippen molar-refractivity contribution >= 4 is 5.91 Å². The van der Waals surface area contributed by atoms with Crippen LogP contribution >= 0.6 is 0 Å². The normalized spacial score (nSPS) is 14.3. The lowest BCUT2D eigenvalue weighted by Gasteiger charge is -2.27. The number of aliphatic hydroxyl groups is 4. The van der Waals surface area contributed by atoms with Crippen molar-refractivity contribution in [1.29, 1.82) is 0 Å². The fraction of sp³-hybridized carbons (Fsp3) is 0.836. The Morgan fingerprint density at radius 2 is 0.689 bits per heavy atom. The third-order valence-corrected chi connectivity index (χ3v) is 12.2. The first-order chi connectivity index (χ1) is 30.0. The lowest BCUT2D eigenvalue weighted by atomic mass is 10.00. The summed E-state index contributed by atoms with van der Waals surface area (Å²) in [7, 11) is 0. The molecule has 0 saturated heterocycles. The van der Waals surface area contributed by atoms with Gasteiger partial charge in [0.25, 0.3) is 0 Å². The lowest BCUT2D eigenvalue weighted by Crippen LogP contribution is -2.53. The largest absolute Gasteiger partial charge is 0.394 e. The monoisotopic (exact) mass is 858 g/mol. The second-order valence-corrected chi connectivity index (χ2v) is 18.2. The topological polar surface area (TPSA) is 110 Å². The van der Waals surface area contributed by atoms with Crippen LogP contribution in [0.2, 0.25) is 0 Å². The zero-order valence-electron chi connectivity index (χ0n) is 40.4. The molecule has 0 saturated carbocycles. The Kier molecular flexibility index (Phi) is 47.9. The molecule has 6 heteroatoms. The van der Waals surface area contributed by atoms with Crippen molar-refractivity contribution in [3.8, 4) is 0 Å². The molecule has 0 aromatic rings. The number of aliphatic hydroxyl groups excluding tert-OH is 4. The molecule has 1 amide bonds. The molecular weight excluding hydrogens is 755 g/mol. The Morgan fingerprint density at radius 1 is 0.393 bits per heavy atom. The van der Waals surface area contributed by atoms with E-state index in [4.69, 9.17) is 0 Å². The van der Waals surface area contributed by atoms with Crippen LogP contribution < -0.4 is 5.32 Å². The molecule has 0 bridgehead atoms. The van der Waals surface area contributed by atoms with Crippen molar-refractivity contribution in [2.75, 3.05) is 6.61 Å². The van der Waals surface area contributed by atoms with E-state index in [0.717, 1.165) is 64.2 Å². The second-order valence-electron chi connectivity index (χ2n) is 18.2. The van der Waals surface area contributed by atoms with Gasteiger partial charge in [0.15, 0.2) is 0 Å². The molecule has 0 spiro atoms. The molecule has 0 aromatic carbocycles. The summed E-state index contributed by atoms with van der Waals surface area (Å²) < 4.78 is 0. The van der Waals surface area contributed by atoms with Gasteiger partial charge in [0, 0.05) is 0 Å². The number of amides is 1. The van der Waals surface area contributed by atoms with Crippen LogP contribution in [0.5, 0.6) is 0 Å². The number of nitrogens with one attached hydrogen (secondary N) is 1. The molecule has 0 heterocycles. The summed E-state index contributed by atoms with van der Waals surface area (Å²) >= 11 is 0. The van der Waals surface area contributed by atoms with Gasteiger partial charge in [-0.05, 0) is 89.9 Å². The van der Waals surface area contributed by atoms with E-state index in [1.165, 1.54) is 167 Å². The van der Waals surface area contributed by atoms with Gasteiger partial charge in [-0.1, -0.05) is 223 Å². The number of rotatable bonds is 48. The van der Waals surface area contributed by atoms with Crippen LogP contribution in [0, 0.1) is 0 Å². The predicted molar refractivity (Wildman–Crippen MR) is 265 cm³/mol. The Labute approximate surface area is 379 Å². The molecule has 0 aliphatic rings. The third kappa shape index (κ3) is 43.3. The molecule has 0 radical (unpaired) electrons. The van der Waals surface area contributed by atoms with Crippen molar-refractivity contribution in [2.45, 2.75) is 289 Å². The molecule has 0 rings (SSSR count). The van der Waals surface area contributed by atoms with Gasteiger partial charge in [-0.15, -0.1) is 0 Å². The highest BCUT2D eigenvalue weighted by Gasteiger charge is 2.28. The van der Waals surface area contributed by atoms with Crippen LogP contribution in [0.1, 0.15) is 264 Å². The number of hydrogen-bond donors (Lipinski definition) is 5. The van der Waals surface area contributed by atoms with E-state index in [1.807, 2.05) is 0 Å². The maximum absolute atomic E-state index is 12.6. The van der Waals surface area contributed by atoms with E-state index in [1.54, 1.807) is 0 Å². The predicted octanol–water partition coefficient (Wildman–Crippen LogP) is 15.0. The summed E-state index contributed by atoms with van der Waals surface area (Å²) in [6.45, 7) is 4.05. The molecule has 61 heavy (non-hydrogen) atoms. The molecule has 4 atom stereocenters. The molecule has 0 aliphatic heterocycles. The summed E-state index contributed by atoms with van der Waals surface area (Å²) in [4.78, 5) is 12.6. The van der Waals surface area contributed by atoms with Crippen molar-refractivity contribution in [3.05, 3.63) is 48.6 Å². The minimum absolute atomic E-state index is 0.350.